The molecule has 1 fully saturated rings. The van der Waals surface area contributed by atoms with Gasteiger partial charge in [-0.05, 0) is 24.4 Å². The Labute approximate surface area is 113 Å². The fraction of sp³-hybridized carbons (Fsp3) is 0.500. The van der Waals surface area contributed by atoms with E-state index in [0.717, 1.165) is 0 Å². The van der Waals surface area contributed by atoms with Crippen molar-refractivity contribution in [2.24, 2.45) is 0 Å². The SMILES string of the molecule is Clc1nc(SC2CCCC2)nc(-n2cncn2)n1. The first-order valence-corrected chi connectivity index (χ1v) is 7.00. The van der Waals surface area contributed by atoms with Crippen LogP contribution in [0.2, 0.25) is 5.28 Å². The molecule has 6 nitrogen and oxygen atoms in total. The summed E-state index contributed by atoms with van der Waals surface area (Å²) in [4.78, 5) is 16.4. The lowest BCUT2D eigenvalue weighted by Crippen LogP contribution is -2.06. The molecule has 1 aliphatic rings. The first-order valence-electron chi connectivity index (χ1n) is 5.74. The number of nitrogens with zero attached hydrogens (tertiary/aromatic N) is 6. The standard InChI is InChI=1S/C10H11ClN6S/c11-8-14-9(17-6-12-5-13-17)16-10(15-8)18-7-3-1-2-4-7/h5-7H,1-4H2. The number of thioether (sulfide) groups is 1. The molecular weight excluding hydrogens is 272 g/mol. The lowest BCUT2D eigenvalue weighted by molar-refractivity contribution is 0.754. The summed E-state index contributed by atoms with van der Waals surface area (Å²) in [6.45, 7) is 0. The van der Waals surface area contributed by atoms with E-state index >= 15 is 0 Å². The van der Waals surface area contributed by atoms with Crippen molar-refractivity contribution in [3.05, 3.63) is 17.9 Å². The maximum Gasteiger partial charge on any atom is 0.257 e. The van der Waals surface area contributed by atoms with Crippen LogP contribution in [0.1, 0.15) is 25.7 Å². The van der Waals surface area contributed by atoms with E-state index in [9.17, 15) is 0 Å². The highest BCUT2D eigenvalue weighted by Crippen LogP contribution is 2.33. The number of rotatable bonds is 3. The molecule has 1 saturated carbocycles. The van der Waals surface area contributed by atoms with Gasteiger partial charge < -0.3 is 0 Å². The van der Waals surface area contributed by atoms with Crippen LogP contribution >= 0.6 is 23.4 Å². The van der Waals surface area contributed by atoms with Crippen molar-refractivity contribution in [2.75, 3.05) is 0 Å². The predicted octanol–water partition coefficient (Wildman–Crippen LogP) is 2.14. The van der Waals surface area contributed by atoms with Gasteiger partial charge in [-0.15, -0.1) is 0 Å². The minimum absolute atomic E-state index is 0.191. The molecule has 0 N–H and O–H groups in total. The van der Waals surface area contributed by atoms with Crippen LogP contribution in [0.5, 0.6) is 0 Å². The molecule has 0 radical (unpaired) electrons. The summed E-state index contributed by atoms with van der Waals surface area (Å²) >= 11 is 7.58. The molecule has 94 valence electrons. The smallest absolute Gasteiger partial charge is 0.223 e. The van der Waals surface area contributed by atoms with Crippen LogP contribution in [0.25, 0.3) is 5.95 Å². The average Bonchev–Trinajstić information content (AvgIpc) is 3.00. The van der Waals surface area contributed by atoms with Crippen molar-refractivity contribution in [3.8, 4) is 5.95 Å². The van der Waals surface area contributed by atoms with Crippen LogP contribution in [0.3, 0.4) is 0 Å². The van der Waals surface area contributed by atoms with Crippen LogP contribution in [-0.4, -0.2) is 35.0 Å². The molecule has 2 aromatic rings. The summed E-state index contributed by atoms with van der Waals surface area (Å²) in [7, 11) is 0. The fourth-order valence-electron chi connectivity index (χ4n) is 1.94. The van der Waals surface area contributed by atoms with Gasteiger partial charge in [-0.25, -0.2) is 4.98 Å². The second-order valence-electron chi connectivity index (χ2n) is 4.05. The van der Waals surface area contributed by atoms with Crippen molar-refractivity contribution in [2.45, 2.75) is 36.1 Å². The molecule has 0 aliphatic heterocycles. The van der Waals surface area contributed by atoms with Gasteiger partial charge in [0.15, 0.2) is 5.16 Å². The molecule has 18 heavy (non-hydrogen) atoms. The average molecular weight is 283 g/mol. The van der Waals surface area contributed by atoms with Gasteiger partial charge in [0.1, 0.15) is 12.7 Å². The number of halogens is 1. The van der Waals surface area contributed by atoms with Gasteiger partial charge in [0.05, 0.1) is 0 Å². The van der Waals surface area contributed by atoms with E-state index in [0.29, 0.717) is 16.4 Å². The van der Waals surface area contributed by atoms with Crippen LogP contribution < -0.4 is 0 Å². The quantitative estimate of drug-likeness (QED) is 0.859. The Balaban J connectivity index is 1.86. The zero-order valence-electron chi connectivity index (χ0n) is 9.53. The Hall–Kier alpha value is -1.21. The van der Waals surface area contributed by atoms with E-state index in [-0.39, 0.29) is 5.28 Å². The van der Waals surface area contributed by atoms with Crippen molar-refractivity contribution in [1.29, 1.82) is 0 Å². The predicted molar refractivity (Wildman–Crippen MR) is 67.9 cm³/mol. The van der Waals surface area contributed by atoms with E-state index in [1.54, 1.807) is 11.8 Å². The number of aromatic nitrogens is 6. The summed E-state index contributed by atoms with van der Waals surface area (Å²) in [6.07, 6.45) is 7.97. The maximum absolute atomic E-state index is 5.92. The Morgan fingerprint density at radius 3 is 2.78 bits per heavy atom. The highest BCUT2D eigenvalue weighted by atomic mass is 35.5. The van der Waals surface area contributed by atoms with Crippen LogP contribution in [0.4, 0.5) is 0 Å². The van der Waals surface area contributed by atoms with Crippen LogP contribution in [0.15, 0.2) is 17.8 Å². The zero-order valence-corrected chi connectivity index (χ0v) is 11.1. The van der Waals surface area contributed by atoms with Gasteiger partial charge in [-0.3, -0.25) is 0 Å². The minimum atomic E-state index is 0.191. The normalized spacial score (nSPS) is 16.3. The molecule has 1 aliphatic carbocycles. The molecule has 3 rings (SSSR count). The van der Waals surface area contributed by atoms with E-state index in [1.807, 2.05) is 0 Å². The van der Waals surface area contributed by atoms with Gasteiger partial charge in [-0.2, -0.15) is 24.7 Å². The zero-order chi connectivity index (χ0) is 12.4. The third-order valence-electron chi connectivity index (χ3n) is 2.77. The molecule has 8 heteroatoms. The Morgan fingerprint density at radius 1 is 1.22 bits per heavy atom. The number of hydrogen-bond acceptors (Lipinski definition) is 6. The first-order chi connectivity index (χ1) is 8.81. The monoisotopic (exact) mass is 282 g/mol. The Morgan fingerprint density at radius 2 is 2.06 bits per heavy atom. The molecule has 0 saturated heterocycles. The van der Waals surface area contributed by atoms with Gasteiger partial charge in [0.25, 0.3) is 5.95 Å². The second kappa shape index (κ2) is 5.19. The van der Waals surface area contributed by atoms with Crippen molar-refractivity contribution < 1.29 is 0 Å². The van der Waals surface area contributed by atoms with Gasteiger partial charge in [0, 0.05) is 5.25 Å². The van der Waals surface area contributed by atoms with Gasteiger partial charge >= 0.3 is 0 Å². The Kier molecular flexibility index (Phi) is 3.42. The second-order valence-corrected chi connectivity index (χ2v) is 5.66. The van der Waals surface area contributed by atoms with Gasteiger partial charge in [0.2, 0.25) is 5.28 Å². The molecule has 2 heterocycles. The van der Waals surface area contributed by atoms with E-state index in [4.69, 9.17) is 11.6 Å². The fourth-order valence-corrected chi connectivity index (χ4v) is 3.29. The Bertz CT molecular complexity index is 525. The molecule has 0 bridgehead atoms. The summed E-state index contributed by atoms with van der Waals surface area (Å²) in [5.41, 5.74) is 0. The summed E-state index contributed by atoms with van der Waals surface area (Å²) in [5, 5.41) is 5.43. The maximum atomic E-state index is 5.92. The van der Waals surface area contributed by atoms with E-state index in [1.165, 1.54) is 43.0 Å². The minimum Gasteiger partial charge on any atom is -0.223 e. The van der Waals surface area contributed by atoms with Crippen LogP contribution in [0, 0.1) is 0 Å². The molecule has 0 unspecified atom stereocenters. The number of hydrogen-bond donors (Lipinski definition) is 0. The van der Waals surface area contributed by atoms with Crippen molar-refractivity contribution >= 4 is 23.4 Å². The summed E-state index contributed by atoms with van der Waals surface area (Å²) in [5.74, 6) is 0.410. The molecular formula is C10H11ClN6S. The topological polar surface area (TPSA) is 69.4 Å². The third kappa shape index (κ3) is 2.62. The van der Waals surface area contributed by atoms with Crippen molar-refractivity contribution in [3.63, 3.8) is 0 Å². The highest BCUT2D eigenvalue weighted by molar-refractivity contribution is 7.99. The molecule has 0 amide bonds. The largest absolute Gasteiger partial charge is 0.257 e. The molecule has 0 spiro atoms. The third-order valence-corrected chi connectivity index (χ3v) is 4.14. The molecule has 2 aromatic heterocycles. The van der Waals surface area contributed by atoms with Crippen LogP contribution in [-0.2, 0) is 0 Å². The summed E-state index contributed by atoms with van der Waals surface area (Å²) < 4.78 is 1.48. The van der Waals surface area contributed by atoms with E-state index < -0.39 is 0 Å². The van der Waals surface area contributed by atoms with Gasteiger partial charge in [-0.1, -0.05) is 24.6 Å². The highest BCUT2D eigenvalue weighted by Gasteiger charge is 2.18. The first kappa shape index (κ1) is 11.9. The molecule has 0 aromatic carbocycles. The van der Waals surface area contributed by atoms with E-state index in [2.05, 4.69) is 25.0 Å². The lowest BCUT2D eigenvalue weighted by Gasteiger charge is -2.07. The van der Waals surface area contributed by atoms with Crippen molar-refractivity contribution in [1.82, 2.24) is 29.7 Å². The lowest BCUT2D eigenvalue weighted by atomic mass is 10.4. The summed E-state index contributed by atoms with van der Waals surface area (Å²) in [6, 6.07) is 0. The molecule has 0 atom stereocenters.